The molecule has 2 atom stereocenters. The first-order valence-corrected chi connectivity index (χ1v) is 6.77. The Kier molecular flexibility index (Phi) is 4.91. The van der Waals surface area contributed by atoms with Gasteiger partial charge in [0.05, 0.1) is 12.0 Å². The Morgan fingerprint density at radius 3 is 2.89 bits per heavy atom. The molecule has 1 N–H and O–H groups in total. The Balaban J connectivity index is 1.93. The van der Waals surface area contributed by atoms with Crippen LogP contribution in [-0.4, -0.2) is 23.8 Å². The van der Waals surface area contributed by atoms with Gasteiger partial charge in [-0.2, -0.15) is 0 Å². The highest BCUT2D eigenvalue weighted by atomic mass is 19.1. The zero-order valence-corrected chi connectivity index (χ0v) is 10.8. The number of halogens is 1. The topological polar surface area (TPSA) is 46.5 Å². The van der Waals surface area contributed by atoms with Crippen molar-refractivity contribution in [3.05, 3.63) is 35.6 Å². The minimum absolute atomic E-state index is 0.259. The van der Waals surface area contributed by atoms with Crippen molar-refractivity contribution in [2.75, 3.05) is 6.61 Å². The lowest BCUT2D eigenvalue weighted by molar-refractivity contribution is -0.139. The predicted molar refractivity (Wildman–Crippen MR) is 69.6 cm³/mol. The molecule has 0 saturated carbocycles. The third kappa shape index (κ3) is 3.77. The van der Waals surface area contributed by atoms with Crippen molar-refractivity contribution in [2.24, 2.45) is 0 Å². The van der Waals surface area contributed by atoms with E-state index in [9.17, 15) is 14.3 Å². The van der Waals surface area contributed by atoms with Crippen molar-refractivity contribution >= 4 is 5.97 Å². The number of carboxylic acid groups (broad SMARTS) is 1. The average molecular weight is 266 g/mol. The highest BCUT2D eigenvalue weighted by Gasteiger charge is 2.23. The Labute approximate surface area is 112 Å². The van der Waals surface area contributed by atoms with Crippen LogP contribution in [0.2, 0.25) is 0 Å². The minimum atomic E-state index is -0.961. The second kappa shape index (κ2) is 6.66. The summed E-state index contributed by atoms with van der Waals surface area (Å²) in [4.78, 5) is 11.3. The van der Waals surface area contributed by atoms with Crippen LogP contribution in [0.25, 0.3) is 0 Å². The van der Waals surface area contributed by atoms with Gasteiger partial charge < -0.3 is 9.84 Å². The first-order chi connectivity index (χ1) is 9.18. The number of benzene rings is 1. The van der Waals surface area contributed by atoms with E-state index >= 15 is 0 Å². The van der Waals surface area contributed by atoms with Gasteiger partial charge in [-0.1, -0.05) is 18.2 Å². The minimum Gasteiger partial charge on any atom is -0.481 e. The highest BCUT2D eigenvalue weighted by Crippen LogP contribution is 2.26. The van der Waals surface area contributed by atoms with Crippen molar-refractivity contribution in [3.8, 4) is 0 Å². The van der Waals surface area contributed by atoms with Crippen molar-refractivity contribution in [1.82, 2.24) is 0 Å². The summed E-state index contributed by atoms with van der Waals surface area (Å²) < 4.78 is 19.1. The van der Waals surface area contributed by atoms with Gasteiger partial charge in [-0.25, -0.2) is 4.39 Å². The van der Waals surface area contributed by atoms with Crippen LogP contribution >= 0.6 is 0 Å². The van der Waals surface area contributed by atoms with Gasteiger partial charge >= 0.3 is 5.97 Å². The molecular weight excluding hydrogens is 247 g/mol. The standard InChI is InChI=1S/C15H19FO3/c16-14-9-2-1-7-12(14)13(15(17)18)8-3-5-11-6-4-10-19-11/h1-2,7,9,11,13H,3-6,8,10H2,(H,17,18). The molecular formula is C15H19FO3. The molecule has 19 heavy (non-hydrogen) atoms. The summed E-state index contributed by atoms with van der Waals surface area (Å²) in [5.74, 6) is -2.16. The van der Waals surface area contributed by atoms with Crippen LogP contribution in [-0.2, 0) is 9.53 Å². The van der Waals surface area contributed by atoms with E-state index in [1.54, 1.807) is 18.2 Å². The summed E-state index contributed by atoms with van der Waals surface area (Å²) >= 11 is 0. The van der Waals surface area contributed by atoms with Crippen LogP contribution < -0.4 is 0 Å². The van der Waals surface area contributed by atoms with E-state index in [0.29, 0.717) is 6.42 Å². The maximum absolute atomic E-state index is 13.6. The fourth-order valence-corrected chi connectivity index (χ4v) is 2.59. The van der Waals surface area contributed by atoms with Gasteiger partial charge in [0, 0.05) is 12.2 Å². The molecule has 1 saturated heterocycles. The Hall–Kier alpha value is -1.42. The lowest BCUT2D eigenvalue weighted by atomic mass is 9.92. The number of hydrogen-bond donors (Lipinski definition) is 1. The first kappa shape index (κ1) is 14.0. The van der Waals surface area contributed by atoms with Crippen LogP contribution in [0.1, 0.15) is 43.6 Å². The van der Waals surface area contributed by atoms with Crippen LogP contribution in [0.4, 0.5) is 4.39 Å². The molecule has 1 aliphatic rings. The fraction of sp³-hybridized carbons (Fsp3) is 0.533. The summed E-state index contributed by atoms with van der Waals surface area (Å²) in [6, 6.07) is 6.12. The van der Waals surface area contributed by atoms with Gasteiger partial charge in [-0.05, 0) is 38.2 Å². The van der Waals surface area contributed by atoms with Gasteiger partial charge in [0.2, 0.25) is 0 Å². The molecule has 3 nitrogen and oxygen atoms in total. The molecule has 1 heterocycles. The van der Waals surface area contributed by atoms with E-state index in [-0.39, 0.29) is 11.7 Å². The summed E-state index contributed by atoms with van der Waals surface area (Å²) in [7, 11) is 0. The summed E-state index contributed by atoms with van der Waals surface area (Å²) in [6.45, 7) is 0.806. The Bertz CT molecular complexity index is 427. The predicted octanol–water partition coefficient (Wildman–Crippen LogP) is 3.34. The quantitative estimate of drug-likeness (QED) is 0.859. The van der Waals surface area contributed by atoms with Gasteiger partial charge in [0.15, 0.2) is 0 Å². The third-order valence-corrected chi connectivity index (χ3v) is 3.62. The molecule has 0 radical (unpaired) electrons. The monoisotopic (exact) mass is 266 g/mol. The molecule has 0 aromatic heterocycles. The largest absolute Gasteiger partial charge is 0.481 e. The maximum Gasteiger partial charge on any atom is 0.311 e. The van der Waals surface area contributed by atoms with Gasteiger partial charge in [0.25, 0.3) is 0 Å². The van der Waals surface area contributed by atoms with E-state index in [4.69, 9.17) is 4.74 Å². The van der Waals surface area contributed by atoms with Gasteiger partial charge in [-0.3, -0.25) is 4.79 Å². The van der Waals surface area contributed by atoms with E-state index in [1.165, 1.54) is 6.07 Å². The lowest BCUT2D eigenvalue weighted by Crippen LogP contribution is -2.14. The number of hydrogen-bond acceptors (Lipinski definition) is 2. The summed E-state index contributed by atoms with van der Waals surface area (Å²) in [5.41, 5.74) is 0.280. The molecule has 2 rings (SSSR count). The zero-order valence-electron chi connectivity index (χ0n) is 10.8. The van der Waals surface area contributed by atoms with E-state index in [1.807, 2.05) is 0 Å². The number of ether oxygens (including phenoxy) is 1. The number of carboxylic acids is 1. The molecule has 4 heteroatoms. The third-order valence-electron chi connectivity index (χ3n) is 3.62. The Morgan fingerprint density at radius 2 is 2.26 bits per heavy atom. The fourth-order valence-electron chi connectivity index (χ4n) is 2.59. The zero-order chi connectivity index (χ0) is 13.7. The van der Waals surface area contributed by atoms with Crippen LogP contribution in [0.15, 0.2) is 24.3 Å². The molecule has 1 fully saturated rings. The molecule has 104 valence electrons. The molecule has 1 aliphatic heterocycles. The molecule has 0 spiro atoms. The van der Waals surface area contributed by atoms with E-state index < -0.39 is 17.7 Å². The van der Waals surface area contributed by atoms with Crippen molar-refractivity contribution in [2.45, 2.75) is 44.1 Å². The van der Waals surface area contributed by atoms with E-state index in [2.05, 4.69) is 0 Å². The second-order valence-electron chi connectivity index (χ2n) is 4.98. The van der Waals surface area contributed by atoms with Crippen LogP contribution in [0.5, 0.6) is 0 Å². The second-order valence-corrected chi connectivity index (χ2v) is 4.98. The highest BCUT2D eigenvalue weighted by molar-refractivity contribution is 5.76. The lowest BCUT2D eigenvalue weighted by Gasteiger charge is -2.15. The van der Waals surface area contributed by atoms with Crippen molar-refractivity contribution in [1.29, 1.82) is 0 Å². The van der Waals surface area contributed by atoms with Crippen LogP contribution in [0.3, 0.4) is 0 Å². The van der Waals surface area contributed by atoms with Crippen molar-refractivity contribution in [3.63, 3.8) is 0 Å². The molecule has 2 unspecified atom stereocenters. The number of rotatable bonds is 6. The summed E-state index contributed by atoms with van der Waals surface area (Å²) in [6.07, 6.45) is 4.46. The summed E-state index contributed by atoms with van der Waals surface area (Å²) in [5, 5.41) is 9.25. The molecule has 1 aromatic carbocycles. The smallest absolute Gasteiger partial charge is 0.311 e. The van der Waals surface area contributed by atoms with Crippen molar-refractivity contribution < 1.29 is 19.0 Å². The van der Waals surface area contributed by atoms with Gasteiger partial charge in [-0.15, -0.1) is 0 Å². The molecule has 0 bridgehead atoms. The van der Waals surface area contributed by atoms with Crippen LogP contribution in [0, 0.1) is 5.82 Å². The van der Waals surface area contributed by atoms with Gasteiger partial charge in [0.1, 0.15) is 5.82 Å². The molecule has 0 aliphatic carbocycles. The SMILES string of the molecule is O=C(O)C(CCCC1CCCO1)c1ccccc1F. The van der Waals surface area contributed by atoms with E-state index in [0.717, 1.165) is 32.3 Å². The number of carbonyl (C=O) groups is 1. The first-order valence-electron chi connectivity index (χ1n) is 6.77. The Morgan fingerprint density at radius 1 is 1.47 bits per heavy atom. The number of aliphatic carboxylic acids is 1. The molecule has 1 aromatic rings. The molecule has 0 amide bonds. The average Bonchev–Trinajstić information content (AvgIpc) is 2.89. The maximum atomic E-state index is 13.6. The normalized spacial score (nSPS) is 20.4.